The van der Waals surface area contributed by atoms with Gasteiger partial charge in [0.1, 0.15) is 0 Å². The first-order valence-corrected chi connectivity index (χ1v) is 15.3. The highest BCUT2D eigenvalue weighted by Crippen LogP contribution is 2.33. The van der Waals surface area contributed by atoms with Crippen LogP contribution in [0.2, 0.25) is 0 Å². The molecule has 1 amide bonds. The Kier molecular flexibility index (Phi) is 10.9. The highest BCUT2D eigenvalue weighted by Gasteiger charge is 2.26. The Labute approximate surface area is 247 Å². The third-order valence-electron chi connectivity index (χ3n) is 6.83. The van der Waals surface area contributed by atoms with E-state index in [1.807, 2.05) is 51.4 Å². The molecule has 0 atom stereocenters. The van der Waals surface area contributed by atoms with Gasteiger partial charge in [-0.25, -0.2) is 13.4 Å². The molecule has 0 radical (unpaired) electrons. The molecule has 0 spiro atoms. The summed E-state index contributed by atoms with van der Waals surface area (Å²) in [6, 6.07) is 19.9. The lowest BCUT2D eigenvalue weighted by Crippen LogP contribution is -3.00. The molecule has 0 fully saturated rings. The highest BCUT2D eigenvalue weighted by molar-refractivity contribution is 7.89. The average Bonchev–Trinajstić information content (AvgIpc) is 3.36. The van der Waals surface area contributed by atoms with Crippen molar-refractivity contribution in [3.63, 3.8) is 0 Å². The molecule has 1 heterocycles. The standard InChI is InChI=1S/C30H36N4O3S2.ClH/c1-6-33(21-24-11-8-7-9-12-24)39(36,37)26-16-14-25(15-17-26)29(35)34(20-10-19-32(4)5)30-31-28-23(3)22(2)13-18-27(28)38-30;/h7-9,11-18H,6,10,19-21H2,1-5H3;1H/p-1. The van der Waals surface area contributed by atoms with Crippen LogP contribution in [-0.4, -0.2) is 62.2 Å². The Hall–Kier alpha value is -2.82. The number of aromatic nitrogens is 1. The second kappa shape index (κ2) is 13.7. The summed E-state index contributed by atoms with van der Waals surface area (Å²) in [5.41, 5.74) is 4.54. The molecule has 7 nitrogen and oxygen atoms in total. The first-order chi connectivity index (χ1) is 18.6. The molecule has 1 aromatic heterocycles. The van der Waals surface area contributed by atoms with Crippen LogP contribution in [0.3, 0.4) is 0 Å². The minimum absolute atomic E-state index is 0. The Bertz CT molecular complexity index is 1540. The minimum atomic E-state index is -3.72. The molecule has 214 valence electrons. The molecular weight excluding hydrogens is 564 g/mol. The van der Waals surface area contributed by atoms with Crippen molar-refractivity contribution >= 4 is 42.6 Å². The van der Waals surface area contributed by atoms with Crippen molar-refractivity contribution < 1.29 is 25.6 Å². The Morgan fingerprint density at radius 3 is 2.23 bits per heavy atom. The molecule has 0 saturated carbocycles. The molecule has 0 aliphatic heterocycles. The number of fused-ring (bicyclic) bond motifs is 1. The Morgan fingerprint density at radius 1 is 0.925 bits per heavy atom. The molecular formula is C30H36ClN4O3S2-. The topological polar surface area (TPSA) is 73.8 Å². The van der Waals surface area contributed by atoms with E-state index < -0.39 is 10.0 Å². The molecule has 0 saturated heterocycles. The van der Waals surface area contributed by atoms with Crippen molar-refractivity contribution in [2.75, 3.05) is 38.6 Å². The number of hydrogen-bond acceptors (Lipinski definition) is 6. The highest BCUT2D eigenvalue weighted by atomic mass is 35.5. The summed E-state index contributed by atoms with van der Waals surface area (Å²) in [6.07, 6.45) is 0.782. The zero-order chi connectivity index (χ0) is 28.2. The number of hydrogen-bond donors (Lipinski definition) is 0. The fraction of sp³-hybridized carbons (Fsp3) is 0.333. The SMILES string of the molecule is CCN(Cc1ccccc1)S(=O)(=O)c1ccc(C(=O)N(CCCN(C)C)c2nc3c(C)c(C)ccc3s2)cc1.[Cl-]. The Balaban J connectivity index is 0.00000441. The van der Waals surface area contributed by atoms with Gasteiger partial charge in [0, 0.05) is 25.2 Å². The quantitative estimate of drug-likeness (QED) is 0.265. The molecule has 0 N–H and O–H groups in total. The molecule has 10 heteroatoms. The lowest BCUT2D eigenvalue weighted by atomic mass is 10.1. The van der Waals surface area contributed by atoms with Crippen LogP contribution in [0.25, 0.3) is 10.2 Å². The van der Waals surface area contributed by atoms with Gasteiger partial charge in [0.2, 0.25) is 10.0 Å². The van der Waals surface area contributed by atoms with Crippen LogP contribution in [0, 0.1) is 13.8 Å². The second-order valence-electron chi connectivity index (χ2n) is 9.91. The maximum absolute atomic E-state index is 13.8. The van der Waals surface area contributed by atoms with E-state index >= 15 is 0 Å². The first-order valence-electron chi connectivity index (χ1n) is 13.1. The van der Waals surface area contributed by atoms with Gasteiger partial charge in [-0.3, -0.25) is 9.69 Å². The number of halogens is 1. The number of aryl methyl sites for hydroxylation is 2. The van der Waals surface area contributed by atoms with Crippen molar-refractivity contribution in [3.05, 3.63) is 89.0 Å². The first kappa shape index (κ1) is 31.7. The van der Waals surface area contributed by atoms with E-state index in [1.165, 1.54) is 27.8 Å². The summed E-state index contributed by atoms with van der Waals surface area (Å²) in [5.74, 6) is -0.192. The van der Waals surface area contributed by atoms with Crippen LogP contribution in [0.15, 0.2) is 71.6 Å². The number of amides is 1. The molecule has 3 aromatic carbocycles. The summed E-state index contributed by atoms with van der Waals surface area (Å²) in [4.78, 5) is 22.6. The molecule has 4 aromatic rings. The number of nitrogens with zero attached hydrogens (tertiary/aromatic N) is 4. The van der Waals surface area contributed by atoms with Gasteiger partial charge in [0.25, 0.3) is 5.91 Å². The van der Waals surface area contributed by atoms with Crippen LogP contribution in [-0.2, 0) is 16.6 Å². The predicted octanol–water partition coefficient (Wildman–Crippen LogP) is 2.73. The van der Waals surface area contributed by atoms with Gasteiger partial charge in [-0.1, -0.05) is 54.7 Å². The van der Waals surface area contributed by atoms with E-state index in [0.29, 0.717) is 23.8 Å². The smallest absolute Gasteiger partial charge is 0.260 e. The maximum atomic E-state index is 13.8. The van der Waals surface area contributed by atoms with Gasteiger partial charge < -0.3 is 17.3 Å². The number of carbonyl (C=O) groups is 1. The molecule has 0 aliphatic rings. The number of benzene rings is 3. The summed E-state index contributed by atoms with van der Waals surface area (Å²) < 4.78 is 29.3. The summed E-state index contributed by atoms with van der Waals surface area (Å²) >= 11 is 1.50. The normalized spacial score (nSPS) is 11.7. The minimum Gasteiger partial charge on any atom is -1.00 e. The molecule has 40 heavy (non-hydrogen) atoms. The van der Waals surface area contributed by atoms with Gasteiger partial charge in [0.15, 0.2) is 5.13 Å². The lowest BCUT2D eigenvalue weighted by molar-refractivity contribution is -0.0000182. The van der Waals surface area contributed by atoms with Crippen LogP contribution in [0.5, 0.6) is 0 Å². The molecule has 4 rings (SSSR count). The van der Waals surface area contributed by atoms with Crippen LogP contribution in [0.1, 0.15) is 40.4 Å². The van der Waals surface area contributed by atoms with Gasteiger partial charge in [0.05, 0.1) is 15.1 Å². The molecule has 0 aliphatic carbocycles. The summed E-state index contributed by atoms with van der Waals surface area (Å²) in [6.45, 7) is 7.91. The van der Waals surface area contributed by atoms with Gasteiger partial charge in [-0.05, 0) is 87.9 Å². The van der Waals surface area contributed by atoms with Crippen molar-refractivity contribution in [1.82, 2.24) is 14.2 Å². The zero-order valence-corrected chi connectivity index (χ0v) is 26.0. The van der Waals surface area contributed by atoms with E-state index in [2.05, 4.69) is 30.9 Å². The number of anilines is 1. The van der Waals surface area contributed by atoms with Crippen molar-refractivity contribution in [2.45, 2.75) is 38.6 Å². The van der Waals surface area contributed by atoms with Crippen LogP contribution >= 0.6 is 11.3 Å². The van der Waals surface area contributed by atoms with Crippen LogP contribution in [0.4, 0.5) is 5.13 Å². The van der Waals surface area contributed by atoms with Crippen molar-refractivity contribution in [1.29, 1.82) is 0 Å². The molecule has 0 unspecified atom stereocenters. The maximum Gasteiger partial charge on any atom is 0.260 e. The van der Waals surface area contributed by atoms with Crippen molar-refractivity contribution in [3.8, 4) is 0 Å². The third-order valence-corrected chi connectivity index (χ3v) is 9.81. The number of rotatable bonds is 11. The van der Waals surface area contributed by atoms with Gasteiger partial charge >= 0.3 is 0 Å². The van der Waals surface area contributed by atoms with E-state index in [4.69, 9.17) is 4.98 Å². The van der Waals surface area contributed by atoms with E-state index in [0.717, 1.165) is 39.9 Å². The zero-order valence-electron chi connectivity index (χ0n) is 23.6. The monoisotopic (exact) mass is 599 g/mol. The summed E-state index contributed by atoms with van der Waals surface area (Å²) in [7, 11) is 0.291. The van der Waals surface area contributed by atoms with E-state index in [1.54, 1.807) is 17.0 Å². The number of carbonyl (C=O) groups excluding carboxylic acids is 1. The second-order valence-corrected chi connectivity index (χ2v) is 12.9. The predicted molar refractivity (Wildman–Crippen MR) is 160 cm³/mol. The fourth-order valence-corrected chi connectivity index (χ4v) is 6.87. The lowest BCUT2D eigenvalue weighted by Gasteiger charge is -2.22. The number of thiazole rings is 1. The average molecular weight is 600 g/mol. The van der Waals surface area contributed by atoms with Crippen molar-refractivity contribution in [2.24, 2.45) is 0 Å². The van der Waals surface area contributed by atoms with Crippen LogP contribution < -0.4 is 17.3 Å². The van der Waals surface area contributed by atoms with E-state index in [-0.39, 0.29) is 29.8 Å². The Morgan fingerprint density at radius 2 is 1.60 bits per heavy atom. The molecule has 0 bridgehead atoms. The number of sulfonamides is 1. The summed E-state index contributed by atoms with van der Waals surface area (Å²) in [5, 5.41) is 0.652. The fourth-order valence-electron chi connectivity index (χ4n) is 4.39. The van der Waals surface area contributed by atoms with Gasteiger partial charge in [-0.2, -0.15) is 4.31 Å². The van der Waals surface area contributed by atoms with E-state index in [9.17, 15) is 13.2 Å². The largest absolute Gasteiger partial charge is 1.00 e. The van der Waals surface area contributed by atoms with Gasteiger partial charge in [-0.15, -0.1) is 0 Å². The third kappa shape index (κ3) is 7.08.